The number of benzene rings is 2. The molecule has 2 aromatic carbocycles. The zero-order valence-electron chi connectivity index (χ0n) is 14.9. The normalized spacial score (nSPS) is 11.5. The van der Waals surface area contributed by atoms with Gasteiger partial charge in [0.05, 0.1) is 12.1 Å². The molecule has 0 radical (unpaired) electrons. The van der Waals surface area contributed by atoms with Crippen LogP contribution in [0.1, 0.15) is 5.56 Å². The molecule has 3 aromatic rings. The molecule has 0 bridgehead atoms. The molecule has 3 rings (SSSR count). The first-order chi connectivity index (χ1) is 13.5. The van der Waals surface area contributed by atoms with Crippen LogP contribution in [-0.2, 0) is 0 Å². The molecule has 28 heavy (non-hydrogen) atoms. The van der Waals surface area contributed by atoms with Gasteiger partial charge >= 0.3 is 0 Å². The highest BCUT2D eigenvalue weighted by Crippen LogP contribution is 2.23. The van der Waals surface area contributed by atoms with Crippen LogP contribution in [0.4, 0.5) is 10.1 Å². The Labute approximate surface area is 172 Å². The Balaban J connectivity index is 2.03. The second-order valence-electron chi connectivity index (χ2n) is 5.79. The van der Waals surface area contributed by atoms with Gasteiger partial charge in [-0.1, -0.05) is 29.9 Å². The number of thiocarbonyl (C=S) groups is 1. The Morgan fingerprint density at radius 3 is 2.39 bits per heavy atom. The van der Waals surface area contributed by atoms with Crippen LogP contribution in [0.15, 0.2) is 73.1 Å². The summed E-state index contributed by atoms with van der Waals surface area (Å²) in [6, 6.07) is 16.6. The summed E-state index contributed by atoms with van der Waals surface area (Å²) in [7, 11) is 1.57. The Morgan fingerprint density at radius 1 is 1.11 bits per heavy atom. The van der Waals surface area contributed by atoms with Gasteiger partial charge in [-0.3, -0.25) is 0 Å². The maximum Gasteiger partial charge on any atom is 0.288 e. The minimum absolute atomic E-state index is 0.0231. The van der Waals surface area contributed by atoms with E-state index in [0.717, 1.165) is 0 Å². The van der Waals surface area contributed by atoms with Crippen LogP contribution in [0.2, 0.25) is 5.02 Å². The second-order valence-corrected chi connectivity index (χ2v) is 6.61. The molecule has 142 valence electrons. The smallest absolute Gasteiger partial charge is 0.288 e. The fourth-order valence-corrected chi connectivity index (χ4v) is 3.05. The molecule has 1 aromatic heterocycles. The Bertz CT molecular complexity index is 1020. The summed E-state index contributed by atoms with van der Waals surface area (Å²) in [5, 5.41) is 13.9. The topological polar surface area (TPSA) is 45.4 Å². The molecule has 7 heteroatoms. The molecule has 0 spiro atoms. The Hall–Kier alpha value is -2.96. The van der Waals surface area contributed by atoms with E-state index < -0.39 is 5.82 Å². The lowest BCUT2D eigenvalue weighted by atomic mass is 10.1. The van der Waals surface area contributed by atoms with Gasteiger partial charge in [0.25, 0.3) is 5.70 Å². The average Bonchev–Trinajstić information content (AvgIpc) is 2.71. The summed E-state index contributed by atoms with van der Waals surface area (Å²) in [6.07, 6.45) is 3.53. The summed E-state index contributed by atoms with van der Waals surface area (Å²) >= 11 is 11.4. The number of rotatable bonds is 5. The highest BCUT2D eigenvalue weighted by Gasteiger charge is 2.23. The molecular weight excluding hydrogens is 399 g/mol. The maximum atomic E-state index is 13.4. The van der Waals surface area contributed by atoms with Crippen LogP contribution in [-0.4, -0.2) is 17.2 Å². The lowest BCUT2D eigenvalue weighted by Gasteiger charge is -2.11. The van der Waals surface area contributed by atoms with E-state index >= 15 is 0 Å². The molecule has 0 atom stereocenters. The number of pyridine rings is 1. The highest BCUT2D eigenvalue weighted by molar-refractivity contribution is 7.81. The molecule has 0 saturated carbocycles. The van der Waals surface area contributed by atoms with Crippen LogP contribution in [0.5, 0.6) is 5.75 Å². The van der Waals surface area contributed by atoms with Crippen molar-refractivity contribution in [1.29, 1.82) is 0 Å². The van der Waals surface area contributed by atoms with E-state index in [1.54, 1.807) is 48.3 Å². The summed E-state index contributed by atoms with van der Waals surface area (Å²) in [6.45, 7) is 0. The second kappa shape index (κ2) is 8.82. The molecule has 2 N–H and O–H groups in total. The average molecular weight is 416 g/mol. The SMILES string of the molecule is COc1ccc(/C(O)=C(/C(=S)Nc2ccc(F)c(Cl)c2)[n+]2ccccc2)cc1. The lowest BCUT2D eigenvalue weighted by Crippen LogP contribution is -2.38. The van der Waals surface area contributed by atoms with Crippen molar-refractivity contribution in [3.63, 3.8) is 0 Å². The van der Waals surface area contributed by atoms with Crippen LogP contribution >= 0.6 is 23.8 Å². The van der Waals surface area contributed by atoms with Crippen molar-refractivity contribution < 1.29 is 18.8 Å². The van der Waals surface area contributed by atoms with E-state index in [-0.39, 0.29) is 15.8 Å². The van der Waals surface area contributed by atoms with Crippen molar-refractivity contribution >= 4 is 46.0 Å². The predicted octanol–water partition coefficient (Wildman–Crippen LogP) is 5.10. The number of hydrogen-bond acceptors (Lipinski definition) is 3. The quantitative estimate of drug-likeness (QED) is 0.263. The number of hydrogen-bond donors (Lipinski definition) is 2. The number of aliphatic hydroxyl groups excluding tert-OH is 1. The van der Waals surface area contributed by atoms with Gasteiger partial charge in [-0.15, -0.1) is 0 Å². The standard InChI is InChI=1S/C21H16ClFN2O2S/c1-27-16-8-5-14(6-9-16)20(26)19(25-11-3-2-4-12-25)21(28)24-15-7-10-18(23)17(22)13-15/h2-13H,1H3,(H-,24,26,28)/p+1. The maximum absolute atomic E-state index is 13.4. The third kappa shape index (κ3) is 4.47. The Kier molecular flexibility index (Phi) is 6.23. The first kappa shape index (κ1) is 19.8. The van der Waals surface area contributed by atoms with Crippen LogP contribution in [0.3, 0.4) is 0 Å². The highest BCUT2D eigenvalue weighted by atomic mass is 35.5. The minimum Gasteiger partial charge on any atom is -0.502 e. The van der Waals surface area contributed by atoms with Gasteiger partial charge in [-0.05, 0) is 42.5 Å². The monoisotopic (exact) mass is 415 g/mol. The van der Waals surface area contributed by atoms with E-state index in [1.165, 1.54) is 18.2 Å². The minimum atomic E-state index is -0.521. The van der Waals surface area contributed by atoms with Gasteiger partial charge in [-0.25, -0.2) is 4.39 Å². The molecular formula is C21H17ClFN2O2S+. The van der Waals surface area contributed by atoms with Gasteiger partial charge < -0.3 is 15.2 Å². The fourth-order valence-electron chi connectivity index (χ4n) is 2.54. The molecule has 0 aliphatic rings. The van der Waals surface area contributed by atoms with Crippen LogP contribution in [0.25, 0.3) is 11.5 Å². The summed E-state index contributed by atoms with van der Waals surface area (Å²) in [5.74, 6) is 0.129. The number of nitrogens with one attached hydrogen (secondary N) is 1. The van der Waals surface area contributed by atoms with Crippen LogP contribution in [0, 0.1) is 5.82 Å². The van der Waals surface area contributed by atoms with E-state index in [2.05, 4.69) is 5.32 Å². The van der Waals surface area contributed by atoms with E-state index in [0.29, 0.717) is 22.7 Å². The van der Waals surface area contributed by atoms with Crippen molar-refractivity contribution in [3.8, 4) is 5.75 Å². The van der Waals surface area contributed by atoms with Gasteiger partial charge in [0.15, 0.2) is 23.1 Å². The first-order valence-electron chi connectivity index (χ1n) is 8.30. The van der Waals surface area contributed by atoms with Crippen molar-refractivity contribution in [3.05, 3.63) is 89.5 Å². The molecule has 0 aliphatic carbocycles. The molecule has 0 fully saturated rings. The molecule has 1 heterocycles. The van der Waals surface area contributed by atoms with Crippen molar-refractivity contribution in [2.75, 3.05) is 12.4 Å². The summed E-state index contributed by atoms with van der Waals surface area (Å²) in [5.41, 5.74) is 1.43. The third-order valence-electron chi connectivity index (χ3n) is 3.95. The molecule has 0 unspecified atom stereocenters. The number of nitrogens with zero attached hydrogens (tertiary/aromatic N) is 1. The van der Waals surface area contributed by atoms with E-state index in [9.17, 15) is 9.50 Å². The van der Waals surface area contributed by atoms with Gasteiger partial charge in [0, 0.05) is 23.4 Å². The van der Waals surface area contributed by atoms with Crippen molar-refractivity contribution in [1.82, 2.24) is 0 Å². The third-order valence-corrected chi connectivity index (χ3v) is 4.54. The molecule has 0 amide bonds. The van der Waals surface area contributed by atoms with Gasteiger partial charge in [0.1, 0.15) is 11.6 Å². The van der Waals surface area contributed by atoms with Gasteiger partial charge in [0.2, 0.25) is 0 Å². The number of anilines is 1. The van der Waals surface area contributed by atoms with Crippen molar-refractivity contribution in [2.45, 2.75) is 0 Å². The largest absolute Gasteiger partial charge is 0.502 e. The number of methoxy groups -OCH3 is 1. The predicted molar refractivity (Wildman–Crippen MR) is 113 cm³/mol. The first-order valence-corrected chi connectivity index (χ1v) is 9.09. The summed E-state index contributed by atoms with van der Waals surface area (Å²) in [4.78, 5) is 0.243. The van der Waals surface area contributed by atoms with E-state index in [4.69, 9.17) is 28.6 Å². The molecule has 0 aliphatic heterocycles. The lowest BCUT2D eigenvalue weighted by molar-refractivity contribution is -0.575. The van der Waals surface area contributed by atoms with Crippen LogP contribution < -0.4 is 14.6 Å². The number of halogens is 2. The number of aliphatic hydroxyl groups is 1. The molecule has 0 saturated heterocycles. The zero-order valence-corrected chi connectivity index (χ0v) is 16.5. The molecule has 4 nitrogen and oxygen atoms in total. The van der Waals surface area contributed by atoms with E-state index in [1.807, 2.05) is 18.2 Å². The number of aromatic nitrogens is 1. The van der Waals surface area contributed by atoms with Gasteiger partial charge in [-0.2, -0.15) is 4.57 Å². The Morgan fingerprint density at radius 2 is 1.79 bits per heavy atom. The zero-order chi connectivity index (χ0) is 20.1. The number of ether oxygens (including phenoxy) is 1. The summed E-state index contributed by atoms with van der Waals surface area (Å²) < 4.78 is 20.3. The van der Waals surface area contributed by atoms with Crippen molar-refractivity contribution in [2.24, 2.45) is 0 Å². The fraction of sp³-hybridized carbons (Fsp3) is 0.0476.